The van der Waals surface area contributed by atoms with E-state index in [1.165, 1.54) is 0 Å². The highest BCUT2D eigenvalue weighted by Gasteiger charge is 2.05. The summed E-state index contributed by atoms with van der Waals surface area (Å²) in [4.78, 5) is 11.4. The fraction of sp³-hybridized carbons (Fsp3) is 0.462. The van der Waals surface area contributed by atoms with Crippen molar-refractivity contribution in [1.82, 2.24) is 5.32 Å². The summed E-state index contributed by atoms with van der Waals surface area (Å²) >= 11 is 0. The third kappa shape index (κ3) is 4.25. The number of hydrogen-bond donors (Lipinski definition) is 1. The van der Waals surface area contributed by atoms with Crippen molar-refractivity contribution in [1.29, 1.82) is 0 Å². The van der Waals surface area contributed by atoms with E-state index in [0.29, 0.717) is 24.7 Å². The van der Waals surface area contributed by atoms with Crippen molar-refractivity contribution in [3.05, 3.63) is 23.8 Å². The molecular weight excluding hydrogens is 234 g/mol. The molecule has 0 aromatic heterocycles. The van der Waals surface area contributed by atoms with Crippen molar-refractivity contribution in [3.8, 4) is 11.5 Å². The molecule has 1 rings (SSSR count). The van der Waals surface area contributed by atoms with E-state index < -0.39 is 0 Å². The molecule has 1 amide bonds. The first kappa shape index (κ1) is 14.3. The van der Waals surface area contributed by atoms with Crippen molar-refractivity contribution in [3.63, 3.8) is 0 Å². The zero-order valence-corrected chi connectivity index (χ0v) is 11.0. The summed E-state index contributed by atoms with van der Waals surface area (Å²) in [5.74, 6) is 1.18. The summed E-state index contributed by atoms with van der Waals surface area (Å²) < 4.78 is 15.3. The lowest BCUT2D eigenvalue weighted by molar-refractivity contribution is -0.125. The van der Waals surface area contributed by atoms with E-state index in [2.05, 4.69) is 5.32 Å². The van der Waals surface area contributed by atoms with Crippen LogP contribution in [0.4, 0.5) is 0 Å². The summed E-state index contributed by atoms with van der Waals surface area (Å²) in [6.45, 7) is 2.90. The van der Waals surface area contributed by atoms with Crippen LogP contribution in [0, 0.1) is 0 Å². The Morgan fingerprint density at radius 2 is 1.94 bits per heavy atom. The van der Waals surface area contributed by atoms with Crippen LogP contribution in [0.3, 0.4) is 0 Å². The lowest BCUT2D eigenvalue weighted by atomic mass is 10.2. The summed E-state index contributed by atoms with van der Waals surface area (Å²) in [5.41, 5.74) is 0.942. The summed E-state index contributed by atoms with van der Waals surface area (Å²) in [6.07, 6.45) is 0. The van der Waals surface area contributed by atoms with Crippen molar-refractivity contribution in [2.45, 2.75) is 13.5 Å². The average molecular weight is 253 g/mol. The van der Waals surface area contributed by atoms with Crippen LogP contribution in [-0.2, 0) is 16.1 Å². The summed E-state index contributed by atoms with van der Waals surface area (Å²) in [5, 5.41) is 2.76. The van der Waals surface area contributed by atoms with Crippen molar-refractivity contribution >= 4 is 5.91 Å². The quantitative estimate of drug-likeness (QED) is 0.797. The van der Waals surface area contributed by atoms with Gasteiger partial charge in [0.15, 0.2) is 11.5 Å². The van der Waals surface area contributed by atoms with Crippen molar-refractivity contribution < 1.29 is 19.0 Å². The molecule has 0 saturated heterocycles. The zero-order chi connectivity index (χ0) is 13.4. The number of hydrogen-bond acceptors (Lipinski definition) is 4. The third-order valence-electron chi connectivity index (χ3n) is 2.37. The van der Waals surface area contributed by atoms with Gasteiger partial charge < -0.3 is 19.5 Å². The fourth-order valence-corrected chi connectivity index (χ4v) is 1.44. The molecule has 1 aromatic carbocycles. The first-order valence-electron chi connectivity index (χ1n) is 5.76. The van der Waals surface area contributed by atoms with Crippen LogP contribution < -0.4 is 14.8 Å². The Morgan fingerprint density at radius 3 is 2.56 bits per heavy atom. The molecule has 0 fully saturated rings. The number of ether oxygens (including phenoxy) is 3. The van der Waals surface area contributed by atoms with E-state index >= 15 is 0 Å². The monoisotopic (exact) mass is 253 g/mol. The first-order chi connectivity index (χ1) is 8.71. The lowest BCUT2D eigenvalue weighted by Crippen LogP contribution is -2.27. The highest BCUT2D eigenvalue weighted by atomic mass is 16.5. The van der Waals surface area contributed by atoms with Gasteiger partial charge in [-0.15, -0.1) is 0 Å². The van der Waals surface area contributed by atoms with E-state index in [4.69, 9.17) is 14.2 Å². The Kier molecular flexibility index (Phi) is 6.00. The van der Waals surface area contributed by atoms with Crippen LogP contribution in [-0.4, -0.2) is 33.3 Å². The van der Waals surface area contributed by atoms with Crippen LogP contribution in [0.15, 0.2) is 18.2 Å². The molecule has 0 bridgehead atoms. The average Bonchev–Trinajstić information content (AvgIpc) is 2.42. The number of benzene rings is 1. The predicted octanol–water partition coefficient (Wildman–Crippen LogP) is 1.36. The molecule has 0 heterocycles. The van der Waals surface area contributed by atoms with E-state index in [0.717, 1.165) is 5.56 Å². The zero-order valence-electron chi connectivity index (χ0n) is 11.0. The Bertz CT molecular complexity index is 393. The second-order valence-corrected chi connectivity index (χ2v) is 3.60. The third-order valence-corrected chi connectivity index (χ3v) is 2.37. The molecule has 0 saturated carbocycles. The molecule has 5 nitrogen and oxygen atoms in total. The Balaban J connectivity index is 2.55. The fourth-order valence-electron chi connectivity index (χ4n) is 1.44. The standard InChI is InChI=1S/C13H19NO4/c1-4-18-9-13(15)14-8-10-5-6-11(16-2)12(7-10)17-3/h5-7H,4,8-9H2,1-3H3,(H,14,15). The predicted molar refractivity (Wildman–Crippen MR) is 67.9 cm³/mol. The van der Waals surface area contributed by atoms with Gasteiger partial charge in [-0.05, 0) is 24.6 Å². The maximum Gasteiger partial charge on any atom is 0.246 e. The first-order valence-corrected chi connectivity index (χ1v) is 5.76. The van der Waals surface area contributed by atoms with Crippen LogP contribution in [0.5, 0.6) is 11.5 Å². The molecule has 0 radical (unpaired) electrons. The van der Waals surface area contributed by atoms with Crippen LogP contribution in [0.2, 0.25) is 0 Å². The second kappa shape index (κ2) is 7.55. The maximum absolute atomic E-state index is 11.4. The van der Waals surface area contributed by atoms with Gasteiger partial charge in [0.2, 0.25) is 5.91 Å². The van der Waals surface area contributed by atoms with Gasteiger partial charge in [-0.2, -0.15) is 0 Å². The van der Waals surface area contributed by atoms with Crippen LogP contribution in [0.25, 0.3) is 0 Å². The minimum Gasteiger partial charge on any atom is -0.493 e. The molecule has 18 heavy (non-hydrogen) atoms. The SMILES string of the molecule is CCOCC(=O)NCc1ccc(OC)c(OC)c1. The Morgan fingerprint density at radius 1 is 1.22 bits per heavy atom. The largest absolute Gasteiger partial charge is 0.493 e. The lowest BCUT2D eigenvalue weighted by Gasteiger charge is -2.10. The molecule has 0 unspecified atom stereocenters. The minimum atomic E-state index is -0.133. The van der Waals surface area contributed by atoms with Gasteiger partial charge in [-0.3, -0.25) is 4.79 Å². The minimum absolute atomic E-state index is 0.0871. The summed E-state index contributed by atoms with van der Waals surface area (Å²) in [6, 6.07) is 5.52. The molecule has 5 heteroatoms. The van der Waals surface area contributed by atoms with E-state index in [-0.39, 0.29) is 12.5 Å². The number of rotatable bonds is 7. The highest BCUT2D eigenvalue weighted by molar-refractivity contribution is 5.77. The molecule has 0 atom stereocenters. The molecule has 0 aliphatic carbocycles. The van der Waals surface area contributed by atoms with Gasteiger partial charge in [-0.1, -0.05) is 6.07 Å². The number of methoxy groups -OCH3 is 2. The Hall–Kier alpha value is -1.75. The molecule has 1 N–H and O–H groups in total. The van der Waals surface area contributed by atoms with Crippen LogP contribution in [0.1, 0.15) is 12.5 Å². The molecular formula is C13H19NO4. The second-order valence-electron chi connectivity index (χ2n) is 3.60. The topological polar surface area (TPSA) is 56.8 Å². The van der Waals surface area contributed by atoms with E-state index in [9.17, 15) is 4.79 Å². The van der Waals surface area contributed by atoms with Crippen molar-refractivity contribution in [2.75, 3.05) is 27.4 Å². The smallest absolute Gasteiger partial charge is 0.246 e. The van der Waals surface area contributed by atoms with Gasteiger partial charge in [0, 0.05) is 13.2 Å². The van der Waals surface area contributed by atoms with Gasteiger partial charge in [0.1, 0.15) is 6.61 Å². The number of amides is 1. The van der Waals surface area contributed by atoms with Crippen molar-refractivity contribution in [2.24, 2.45) is 0 Å². The number of nitrogens with one attached hydrogen (secondary N) is 1. The highest BCUT2D eigenvalue weighted by Crippen LogP contribution is 2.27. The maximum atomic E-state index is 11.4. The van der Waals surface area contributed by atoms with Gasteiger partial charge >= 0.3 is 0 Å². The molecule has 0 spiro atoms. The molecule has 1 aromatic rings. The van der Waals surface area contributed by atoms with E-state index in [1.807, 2.05) is 25.1 Å². The Labute approximate surface area is 107 Å². The molecule has 0 aliphatic heterocycles. The van der Waals surface area contributed by atoms with Gasteiger partial charge in [-0.25, -0.2) is 0 Å². The number of carbonyl (C=O) groups is 1. The van der Waals surface area contributed by atoms with E-state index in [1.54, 1.807) is 14.2 Å². The van der Waals surface area contributed by atoms with Crippen LogP contribution >= 0.6 is 0 Å². The summed E-state index contributed by atoms with van der Waals surface area (Å²) in [7, 11) is 3.16. The normalized spacial score (nSPS) is 9.94. The van der Waals surface area contributed by atoms with Gasteiger partial charge in [0.25, 0.3) is 0 Å². The molecule has 100 valence electrons. The number of carbonyl (C=O) groups excluding carboxylic acids is 1. The van der Waals surface area contributed by atoms with Gasteiger partial charge in [0.05, 0.1) is 14.2 Å². The molecule has 0 aliphatic rings.